The fourth-order valence-corrected chi connectivity index (χ4v) is 1.22. The second kappa shape index (κ2) is 17.2. The molecular weight excluding hydrogens is 363 g/mol. The molecule has 0 aliphatic rings. The Balaban J connectivity index is -0.0000000810. The van der Waals surface area contributed by atoms with Gasteiger partial charge in [0.25, 0.3) is 10.1 Å². The van der Waals surface area contributed by atoms with Gasteiger partial charge >= 0.3 is 41.0 Å². The Morgan fingerprint density at radius 1 is 0.833 bits per heavy atom. The summed E-state index contributed by atoms with van der Waals surface area (Å²) in [7, 11) is -12.4. The van der Waals surface area contributed by atoms with Gasteiger partial charge in [-0.2, -0.15) is 8.42 Å². The van der Waals surface area contributed by atoms with Crippen molar-refractivity contribution in [3.63, 3.8) is 0 Å². The largest absolute Gasteiger partial charge is 1.00 e. The topological polar surface area (TPSA) is 176 Å². The average molecular weight is 376 g/mol. The van der Waals surface area contributed by atoms with Crippen molar-refractivity contribution in [2.75, 3.05) is 0 Å². The molecule has 0 heterocycles. The zero-order chi connectivity index (χ0) is 19.2. The van der Waals surface area contributed by atoms with Crippen LogP contribution in [0.15, 0.2) is 29.2 Å². The van der Waals surface area contributed by atoms with E-state index in [0.29, 0.717) is 0 Å². The summed E-state index contributed by atoms with van der Waals surface area (Å²) in [5.74, 6) is -0.949. The van der Waals surface area contributed by atoms with Gasteiger partial charge in [-0.1, -0.05) is 12.1 Å². The van der Waals surface area contributed by atoms with Gasteiger partial charge in [-0.15, -0.1) is 0 Å². The maximum atomic E-state index is 12.5. The first-order chi connectivity index (χ1) is 10.2. The Kier molecular flexibility index (Phi) is 22.4. The van der Waals surface area contributed by atoms with Crippen molar-refractivity contribution in [3.05, 3.63) is 30.1 Å². The van der Waals surface area contributed by atoms with Gasteiger partial charge in [0.1, 0.15) is 10.7 Å². The molecular formula is C6H12B3F4LiO9S. The third-order valence-corrected chi connectivity index (χ3v) is 2.00. The van der Waals surface area contributed by atoms with E-state index in [-0.39, 0.29) is 20.3 Å². The molecule has 0 aromatic heterocycles. The van der Waals surface area contributed by atoms with Crippen LogP contribution in [0.4, 0.5) is 17.3 Å². The van der Waals surface area contributed by atoms with E-state index in [0.717, 1.165) is 12.1 Å². The number of halogens is 4. The molecule has 18 heteroatoms. The first-order valence-electron chi connectivity index (χ1n) is 4.94. The summed E-state index contributed by atoms with van der Waals surface area (Å²) < 4.78 is 72.0. The maximum Gasteiger partial charge on any atom is 1.00 e. The van der Waals surface area contributed by atoms with Crippen LogP contribution in [-0.2, 0) is 10.1 Å². The van der Waals surface area contributed by atoms with Crippen molar-refractivity contribution in [2.45, 2.75) is 4.90 Å². The molecule has 0 radical (unpaired) electrons. The van der Waals surface area contributed by atoms with Gasteiger partial charge in [0.2, 0.25) is 0 Å². The molecule has 0 unspecified atom stereocenters. The van der Waals surface area contributed by atoms with Crippen molar-refractivity contribution in [2.24, 2.45) is 0 Å². The molecule has 1 aromatic carbocycles. The molecule has 1 rings (SSSR count). The Bertz CT molecular complexity index is 493. The van der Waals surface area contributed by atoms with E-state index in [9.17, 15) is 25.8 Å². The van der Waals surface area contributed by atoms with E-state index < -0.39 is 43.0 Å². The molecule has 0 saturated heterocycles. The predicted molar refractivity (Wildman–Crippen MR) is 71.2 cm³/mol. The minimum absolute atomic E-state index is 0. The van der Waals surface area contributed by atoms with Gasteiger partial charge in [0, 0.05) is 0 Å². The molecule has 0 spiro atoms. The van der Waals surface area contributed by atoms with E-state index in [1.807, 2.05) is 0 Å². The molecule has 0 bridgehead atoms. The van der Waals surface area contributed by atoms with Gasteiger partial charge < -0.3 is 31.6 Å². The summed E-state index contributed by atoms with van der Waals surface area (Å²) in [5, 5.41) is 41.7. The zero-order valence-corrected chi connectivity index (χ0v) is 12.7. The van der Waals surface area contributed by atoms with E-state index in [1.54, 1.807) is 0 Å². The van der Waals surface area contributed by atoms with Crippen LogP contribution >= 0.6 is 0 Å². The molecule has 7 N–H and O–H groups in total. The molecule has 134 valence electrons. The Labute approximate surface area is 148 Å². The number of rotatable bonds is 1. The molecule has 0 saturated carbocycles. The fourth-order valence-electron chi connectivity index (χ4n) is 0.654. The van der Waals surface area contributed by atoms with Crippen molar-refractivity contribution in [1.82, 2.24) is 0 Å². The Morgan fingerprint density at radius 2 is 1.08 bits per heavy atom. The smallest absolute Gasteiger partial charge is 1.00 e. The molecule has 0 amide bonds. The summed E-state index contributed by atoms with van der Waals surface area (Å²) in [6, 6.07) is 4.62. The normalized spacial score (nSPS) is 8.62. The zero-order valence-electron chi connectivity index (χ0n) is 12.9. The Morgan fingerprint density at radius 3 is 1.25 bits per heavy atom. The monoisotopic (exact) mass is 376 g/mol. The number of benzene rings is 1. The maximum absolute atomic E-state index is 12.5. The van der Waals surface area contributed by atoms with E-state index >= 15 is 0 Å². The van der Waals surface area contributed by atoms with E-state index in [1.165, 1.54) is 12.1 Å². The quantitative estimate of drug-likeness (QED) is 0.144. The summed E-state index contributed by atoms with van der Waals surface area (Å²) >= 11 is 0. The molecule has 0 atom stereocenters. The van der Waals surface area contributed by atoms with Crippen molar-refractivity contribution < 1.29 is 80.7 Å². The van der Waals surface area contributed by atoms with Gasteiger partial charge in [0.15, 0.2) is 0 Å². The van der Waals surface area contributed by atoms with Gasteiger partial charge in [-0.25, -0.2) is 4.39 Å². The molecule has 24 heavy (non-hydrogen) atoms. The first kappa shape index (κ1) is 31.2. The van der Waals surface area contributed by atoms with Crippen LogP contribution in [0, 0.1) is 5.82 Å². The van der Waals surface area contributed by atoms with Crippen LogP contribution in [0.5, 0.6) is 0 Å². The standard InChI is InChI=1S/C6H5FO3S.3BFH2O2.Li.H/c7-5-3-1-2-4-6(5)11(8,9)10;3*2-1(3)4;;/h1-4H,(H,8,9,10);3*3-4H;;/q;;;;+1;-1. The minimum atomic E-state index is -4.41. The third kappa shape index (κ3) is 33.1. The van der Waals surface area contributed by atoms with Crippen LogP contribution in [0.1, 0.15) is 1.43 Å². The molecule has 0 fully saturated rings. The van der Waals surface area contributed by atoms with Crippen LogP contribution in [0.3, 0.4) is 0 Å². The molecule has 9 nitrogen and oxygen atoms in total. The van der Waals surface area contributed by atoms with Crippen LogP contribution in [0.25, 0.3) is 0 Å². The summed E-state index contributed by atoms with van der Waals surface area (Å²) in [6.07, 6.45) is 0. The molecule has 0 aliphatic carbocycles. The van der Waals surface area contributed by atoms with Gasteiger partial charge in [-0.05, 0) is 12.1 Å². The molecule has 0 aliphatic heterocycles. The van der Waals surface area contributed by atoms with Crippen LogP contribution < -0.4 is 18.9 Å². The van der Waals surface area contributed by atoms with Crippen LogP contribution in [-0.4, -0.2) is 65.3 Å². The SMILES string of the molecule is O=S(=O)(O)c1ccccc1F.OB(O)F.OB(O)F.OB(O)F.[H-].[Li+]. The molecule has 1 aromatic rings. The second-order valence-electron chi connectivity index (χ2n) is 2.84. The van der Waals surface area contributed by atoms with E-state index in [2.05, 4.69) is 0 Å². The number of hydrogen-bond donors (Lipinski definition) is 7. The predicted octanol–water partition coefficient (Wildman–Crippen LogP) is -5.03. The van der Waals surface area contributed by atoms with Gasteiger partial charge in [0.05, 0.1) is 0 Å². The van der Waals surface area contributed by atoms with Crippen molar-refractivity contribution in [3.8, 4) is 0 Å². The van der Waals surface area contributed by atoms with E-state index in [4.69, 9.17) is 34.7 Å². The number of hydrogen-bond acceptors (Lipinski definition) is 8. The summed E-state index contributed by atoms with van der Waals surface area (Å²) in [6.45, 7) is 0. The summed E-state index contributed by atoms with van der Waals surface area (Å²) in [4.78, 5) is -0.694. The summed E-state index contributed by atoms with van der Waals surface area (Å²) in [5.41, 5.74) is 0. The van der Waals surface area contributed by atoms with Crippen molar-refractivity contribution >= 4 is 32.3 Å². The fraction of sp³-hybridized carbons (Fsp3) is 0. The van der Waals surface area contributed by atoms with Crippen LogP contribution in [0.2, 0.25) is 0 Å². The minimum Gasteiger partial charge on any atom is -1.00 e. The Hall–Kier alpha value is -0.598. The second-order valence-corrected chi connectivity index (χ2v) is 4.23. The first-order valence-corrected chi connectivity index (χ1v) is 6.38. The third-order valence-electron chi connectivity index (χ3n) is 1.11. The van der Waals surface area contributed by atoms with Gasteiger partial charge in [-0.3, -0.25) is 17.5 Å². The average Bonchev–Trinajstić information content (AvgIpc) is 2.25. The van der Waals surface area contributed by atoms with Crippen molar-refractivity contribution in [1.29, 1.82) is 0 Å².